The van der Waals surface area contributed by atoms with Crippen LogP contribution in [0, 0.1) is 0 Å². The van der Waals surface area contributed by atoms with Crippen LogP contribution in [0.15, 0.2) is 42.5 Å². The maximum atomic E-state index is 11.9. The molecule has 1 unspecified atom stereocenters. The summed E-state index contributed by atoms with van der Waals surface area (Å²) in [6.07, 6.45) is 1.10. The Hall–Kier alpha value is -1.16. The van der Waals surface area contributed by atoms with E-state index in [4.69, 9.17) is 17.3 Å². The Morgan fingerprint density at radius 3 is 2.56 bits per heavy atom. The third-order valence-corrected chi connectivity index (χ3v) is 4.03. The SMILES string of the molecule is NC(CCC(=O)c1ccc(Cl)s1)c1ccccc1. The fourth-order valence-corrected chi connectivity index (χ4v) is 2.75. The first-order chi connectivity index (χ1) is 8.66. The molecule has 1 heterocycles. The van der Waals surface area contributed by atoms with E-state index in [1.54, 1.807) is 12.1 Å². The van der Waals surface area contributed by atoms with Gasteiger partial charge in [0.05, 0.1) is 9.21 Å². The van der Waals surface area contributed by atoms with Gasteiger partial charge in [0.1, 0.15) is 0 Å². The highest BCUT2D eigenvalue weighted by atomic mass is 35.5. The van der Waals surface area contributed by atoms with Gasteiger partial charge in [-0.1, -0.05) is 41.9 Å². The number of thiophene rings is 1. The van der Waals surface area contributed by atoms with Crippen LogP contribution in [0.1, 0.15) is 34.1 Å². The van der Waals surface area contributed by atoms with E-state index in [0.29, 0.717) is 22.1 Å². The van der Waals surface area contributed by atoms with Crippen molar-refractivity contribution in [2.45, 2.75) is 18.9 Å². The lowest BCUT2D eigenvalue weighted by atomic mass is 10.0. The van der Waals surface area contributed by atoms with Gasteiger partial charge in [-0.05, 0) is 24.1 Å². The molecule has 2 aromatic rings. The lowest BCUT2D eigenvalue weighted by Gasteiger charge is -2.10. The summed E-state index contributed by atoms with van der Waals surface area (Å²) in [7, 11) is 0. The summed E-state index contributed by atoms with van der Waals surface area (Å²) in [4.78, 5) is 12.6. The van der Waals surface area contributed by atoms with Crippen LogP contribution in [-0.4, -0.2) is 5.78 Å². The molecule has 0 bridgehead atoms. The normalized spacial score (nSPS) is 12.3. The topological polar surface area (TPSA) is 43.1 Å². The van der Waals surface area contributed by atoms with E-state index >= 15 is 0 Å². The van der Waals surface area contributed by atoms with E-state index in [-0.39, 0.29) is 11.8 Å². The Kier molecular flexibility index (Phi) is 4.53. The molecule has 0 aliphatic carbocycles. The number of benzene rings is 1. The van der Waals surface area contributed by atoms with E-state index in [0.717, 1.165) is 5.56 Å². The molecule has 0 saturated carbocycles. The van der Waals surface area contributed by atoms with Gasteiger partial charge in [0.25, 0.3) is 0 Å². The molecule has 0 amide bonds. The Bertz CT molecular complexity index is 524. The number of hydrogen-bond acceptors (Lipinski definition) is 3. The van der Waals surface area contributed by atoms with Crippen LogP contribution in [0.3, 0.4) is 0 Å². The highest BCUT2D eigenvalue weighted by Crippen LogP contribution is 2.24. The average molecular weight is 280 g/mol. The summed E-state index contributed by atoms with van der Waals surface area (Å²) in [6, 6.07) is 13.3. The summed E-state index contributed by atoms with van der Waals surface area (Å²) in [5.74, 6) is 0.110. The second kappa shape index (κ2) is 6.14. The summed E-state index contributed by atoms with van der Waals surface area (Å²) < 4.78 is 0.644. The molecule has 0 fully saturated rings. The van der Waals surface area contributed by atoms with Gasteiger partial charge in [-0.2, -0.15) is 0 Å². The lowest BCUT2D eigenvalue weighted by Crippen LogP contribution is -2.12. The Labute approximate surface area is 115 Å². The highest BCUT2D eigenvalue weighted by molar-refractivity contribution is 7.18. The highest BCUT2D eigenvalue weighted by Gasteiger charge is 2.12. The zero-order valence-corrected chi connectivity index (χ0v) is 11.4. The zero-order chi connectivity index (χ0) is 13.0. The number of hydrogen-bond donors (Lipinski definition) is 1. The Balaban J connectivity index is 1.90. The average Bonchev–Trinajstić information content (AvgIpc) is 2.83. The van der Waals surface area contributed by atoms with Crippen molar-refractivity contribution in [1.29, 1.82) is 0 Å². The van der Waals surface area contributed by atoms with Crippen LogP contribution in [0.4, 0.5) is 0 Å². The van der Waals surface area contributed by atoms with Crippen molar-refractivity contribution < 1.29 is 4.79 Å². The van der Waals surface area contributed by atoms with Crippen LogP contribution in [-0.2, 0) is 0 Å². The summed E-state index contributed by atoms with van der Waals surface area (Å²) >= 11 is 7.12. The molecule has 2 nitrogen and oxygen atoms in total. The Morgan fingerprint density at radius 2 is 1.94 bits per heavy atom. The first-order valence-corrected chi connectivity index (χ1v) is 6.95. The molecule has 1 atom stereocenters. The molecule has 4 heteroatoms. The first kappa shape index (κ1) is 13.3. The summed E-state index contributed by atoms with van der Waals surface area (Å²) in [6.45, 7) is 0. The smallest absolute Gasteiger partial charge is 0.172 e. The second-order valence-corrected chi connectivity index (χ2v) is 5.80. The number of Topliss-reactive ketones (excluding diaryl/α,β-unsaturated/α-hetero) is 1. The van der Waals surface area contributed by atoms with E-state index in [9.17, 15) is 4.79 Å². The standard InChI is InChI=1S/C14H14ClNOS/c15-14-9-8-13(18-14)12(17)7-6-11(16)10-4-2-1-3-5-10/h1-5,8-9,11H,6-7,16H2. The fraction of sp³-hybridized carbons (Fsp3) is 0.214. The third-order valence-electron chi connectivity index (χ3n) is 2.76. The van der Waals surface area contributed by atoms with Crippen LogP contribution >= 0.6 is 22.9 Å². The molecule has 0 saturated heterocycles. The maximum Gasteiger partial charge on any atom is 0.172 e. The van der Waals surface area contributed by atoms with Crippen molar-refractivity contribution in [1.82, 2.24) is 0 Å². The number of carbonyl (C=O) groups is 1. The van der Waals surface area contributed by atoms with Gasteiger partial charge in [-0.25, -0.2) is 0 Å². The van der Waals surface area contributed by atoms with Gasteiger partial charge in [-0.15, -0.1) is 11.3 Å². The second-order valence-electron chi connectivity index (χ2n) is 4.08. The number of halogens is 1. The molecule has 94 valence electrons. The van der Waals surface area contributed by atoms with Gasteiger partial charge >= 0.3 is 0 Å². The van der Waals surface area contributed by atoms with Crippen molar-refractivity contribution in [3.05, 3.63) is 57.2 Å². The molecule has 0 aliphatic rings. The minimum Gasteiger partial charge on any atom is -0.324 e. The van der Waals surface area contributed by atoms with Crippen LogP contribution in [0.5, 0.6) is 0 Å². The molecule has 1 aromatic carbocycles. The third kappa shape index (κ3) is 3.42. The van der Waals surface area contributed by atoms with E-state index in [1.165, 1.54) is 11.3 Å². The van der Waals surface area contributed by atoms with Gasteiger partial charge < -0.3 is 5.73 Å². The summed E-state index contributed by atoms with van der Waals surface area (Å²) in [5.41, 5.74) is 7.12. The minimum atomic E-state index is -0.0921. The largest absolute Gasteiger partial charge is 0.324 e. The van der Waals surface area contributed by atoms with Crippen molar-refractivity contribution in [3.8, 4) is 0 Å². The van der Waals surface area contributed by atoms with Crippen molar-refractivity contribution in [2.24, 2.45) is 5.73 Å². The predicted octanol–water partition coefficient (Wildman–Crippen LogP) is 4.06. The minimum absolute atomic E-state index is 0.0921. The van der Waals surface area contributed by atoms with Crippen molar-refractivity contribution in [2.75, 3.05) is 0 Å². The Morgan fingerprint density at radius 1 is 1.22 bits per heavy atom. The monoisotopic (exact) mass is 279 g/mol. The van der Waals surface area contributed by atoms with Gasteiger partial charge in [0.15, 0.2) is 5.78 Å². The number of carbonyl (C=O) groups excluding carboxylic acids is 1. The zero-order valence-electron chi connectivity index (χ0n) is 9.80. The van der Waals surface area contributed by atoms with Gasteiger partial charge in [-0.3, -0.25) is 4.79 Å². The van der Waals surface area contributed by atoms with Crippen molar-refractivity contribution in [3.63, 3.8) is 0 Å². The predicted molar refractivity (Wildman–Crippen MR) is 76.3 cm³/mol. The molecule has 0 radical (unpaired) electrons. The summed E-state index contributed by atoms with van der Waals surface area (Å²) in [5, 5.41) is 0. The number of nitrogens with two attached hydrogens (primary N) is 1. The fourth-order valence-electron chi connectivity index (χ4n) is 1.74. The molecular formula is C14H14ClNOS. The van der Waals surface area contributed by atoms with E-state index in [2.05, 4.69) is 0 Å². The molecule has 0 aliphatic heterocycles. The lowest BCUT2D eigenvalue weighted by molar-refractivity contribution is 0.0981. The quantitative estimate of drug-likeness (QED) is 0.839. The van der Waals surface area contributed by atoms with Crippen LogP contribution < -0.4 is 5.73 Å². The molecule has 2 N–H and O–H groups in total. The molecule has 2 rings (SSSR count). The van der Waals surface area contributed by atoms with Crippen LogP contribution in [0.2, 0.25) is 4.34 Å². The molecular weight excluding hydrogens is 266 g/mol. The van der Waals surface area contributed by atoms with Crippen molar-refractivity contribution >= 4 is 28.7 Å². The first-order valence-electron chi connectivity index (χ1n) is 5.76. The number of rotatable bonds is 5. The van der Waals surface area contributed by atoms with Crippen LogP contribution in [0.25, 0.3) is 0 Å². The molecule has 0 spiro atoms. The van der Waals surface area contributed by atoms with E-state index < -0.39 is 0 Å². The van der Waals surface area contributed by atoms with Gasteiger partial charge in [0, 0.05) is 12.5 Å². The molecule has 18 heavy (non-hydrogen) atoms. The number of ketones is 1. The van der Waals surface area contributed by atoms with E-state index in [1.807, 2.05) is 30.3 Å². The molecule has 1 aromatic heterocycles. The maximum absolute atomic E-state index is 11.9. The van der Waals surface area contributed by atoms with Gasteiger partial charge in [0.2, 0.25) is 0 Å².